The number of amides is 1. The van der Waals surface area contributed by atoms with Crippen LogP contribution in [0.25, 0.3) is 0 Å². The van der Waals surface area contributed by atoms with Gasteiger partial charge in [-0.05, 0) is 26.2 Å². The van der Waals surface area contributed by atoms with E-state index < -0.39 is 5.41 Å². The van der Waals surface area contributed by atoms with Gasteiger partial charge in [-0.2, -0.15) is 0 Å². The second kappa shape index (κ2) is 5.15. The maximum atomic E-state index is 12.2. The van der Waals surface area contributed by atoms with Crippen LogP contribution in [0.5, 0.6) is 0 Å². The maximum absolute atomic E-state index is 12.2. The number of likely N-dealkylation sites (tertiary alicyclic amines) is 1. The Morgan fingerprint density at radius 3 is 2.69 bits per heavy atom. The summed E-state index contributed by atoms with van der Waals surface area (Å²) in [7, 11) is 1.71. The van der Waals surface area contributed by atoms with Gasteiger partial charge < -0.3 is 15.4 Å². The number of nitrogens with two attached hydrogens (primary N) is 1. The molecule has 16 heavy (non-hydrogen) atoms. The molecule has 4 heteroatoms. The molecule has 2 atom stereocenters. The molecule has 1 aliphatic rings. The molecule has 0 spiro atoms. The van der Waals surface area contributed by atoms with E-state index in [1.807, 2.05) is 18.7 Å². The summed E-state index contributed by atoms with van der Waals surface area (Å²) >= 11 is 0. The van der Waals surface area contributed by atoms with E-state index in [0.717, 1.165) is 13.0 Å². The van der Waals surface area contributed by atoms with Crippen LogP contribution < -0.4 is 5.73 Å². The number of carbonyl (C=O) groups excluding carboxylic acids is 1. The molecule has 1 amide bonds. The van der Waals surface area contributed by atoms with Gasteiger partial charge in [-0.3, -0.25) is 4.79 Å². The Morgan fingerprint density at radius 2 is 2.19 bits per heavy atom. The van der Waals surface area contributed by atoms with Gasteiger partial charge in [-0.25, -0.2) is 0 Å². The molecule has 1 rings (SSSR count). The fourth-order valence-corrected chi connectivity index (χ4v) is 2.04. The third-order valence-corrected chi connectivity index (χ3v) is 3.57. The molecular weight excluding hydrogens is 204 g/mol. The first-order chi connectivity index (χ1) is 7.42. The van der Waals surface area contributed by atoms with Crippen molar-refractivity contribution in [3.8, 4) is 0 Å². The van der Waals surface area contributed by atoms with Gasteiger partial charge in [0.15, 0.2) is 0 Å². The van der Waals surface area contributed by atoms with Crippen LogP contribution in [0, 0.1) is 11.3 Å². The van der Waals surface area contributed by atoms with Crippen LogP contribution in [0.1, 0.15) is 27.2 Å². The SMILES string of the molecule is COC1CN(C(=O)C(C)(C)CN)CCC1C. The Morgan fingerprint density at radius 1 is 1.56 bits per heavy atom. The summed E-state index contributed by atoms with van der Waals surface area (Å²) in [4.78, 5) is 14.1. The zero-order chi connectivity index (χ0) is 12.3. The first-order valence-electron chi connectivity index (χ1n) is 5.94. The van der Waals surface area contributed by atoms with Crippen LogP contribution in [0.15, 0.2) is 0 Å². The van der Waals surface area contributed by atoms with Crippen molar-refractivity contribution in [3.63, 3.8) is 0 Å². The van der Waals surface area contributed by atoms with E-state index >= 15 is 0 Å². The van der Waals surface area contributed by atoms with Gasteiger partial charge in [0.05, 0.1) is 11.5 Å². The molecule has 1 heterocycles. The predicted molar refractivity (Wildman–Crippen MR) is 64.0 cm³/mol. The first-order valence-corrected chi connectivity index (χ1v) is 5.94. The summed E-state index contributed by atoms with van der Waals surface area (Å²) in [5.74, 6) is 0.666. The molecule has 0 aromatic heterocycles. The summed E-state index contributed by atoms with van der Waals surface area (Å²) < 4.78 is 5.40. The second-order valence-corrected chi connectivity index (χ2v) is 5.38. The van der Waals surface area contributed by atoms with Gasteiger partial charge in [0.1, 0.15) is 0 Å². The smallest absolute Gasteiger partial charge is 0.229 e. The number of piperidine rings is 1. The molecule has 0 aliphatic carbocycles. The van der Waals surface area contributed by atoms with Crippen LogP contribution in [-0.2, 0) is 9.53 Å². The minimum Gasteiger partial charge on any atom is -0.379 e. The summed E-state index contributed by atoms with van der Waals surface area (Å²) in [5, 5.41) is 0. The topological polar surface area (TPSA) is 55.6 Å². The van der Waals surface area contributed by atoms with E-state index in [0.29, 0.717) is 19.0 Å². The van der Waals surface area contributed by atoms with Gasteiger partial charge in [0.2, 0.25) is 5.91 Å². The highest BCUT2D eigenvalue weighted by Gasteiger charge is 2.35. The van der Waals surface area contributed by atoms with Crippen LogP contribution >= 0.6 is 0 Å². The minimum absolute atomic E-state index is 0.143. The van der Waals surface area contributed by atoms with Crippen molar-refractivity contribution in [1.82, 2.24) is 4.90 Å². The quantitative estimate of drug-likeness (QED) is 0.779. The number of hydrogen-bond acceptors (Lipinski definition) is 3. The van der Waals surface area contributed by atoms with Gasteiger partial charge in [-0.15, -0.1) is 0 Å². The highest BCUT2D eigenvalue weighted by Crippen LogP contribution is 2.24. The Balaban J connectivity index is 2.65. The number of nitrogens with zero attached hydrogens (tertiary/aromatic N) is 1. The molecule has 0 aromatic carbocycles. The number of carbonyl (C=O) groups is 1. The Hall–Kier alpha value is -0.610. The zero-order valence-corrected chi connectivity index (χ0v) is 10.8. The lowest BCUT2D eigenvalue weighted by molar-refractivity contribution is -0.144. The predicted octanol–water partition coefficient (Wildman–Crippen LogP) is 0.855. The van der Waals surface area contributed by atoms with Gasteiger partial charge in [-0.1, -0.05) is 6.92 Å². The molecule has 94 valence electrons. The number of hydrogen-bond donors (Lipinski definition) is 1. The normalized spacial score (nSPS) is 26.9. The zero-order valence-electron chi connectivity index (χ0n) is 10.8. The van der Waals surface area contributed by atoms with Crippen molar-refractivity contribution in [2.75, 3.05) is 26.7 Å². The fraction of sp³-hybridized carbons (Fsp3) is 0.917. The Kier molecular flexibility index (Phi) is 4.33. The highest BCUT2D eigenvalue weighted by molar-refractivity contribution is 5.82. The van der Waals surface area contributed by atoms with Crippen LogP contribution in [0.3, 0.4) is 0 Å². The molecule has 0 bridgehead atoms. The third-order valence-electron chi connectivity index (χ3n) is 3.57. The monoisotopic (exact) mass is 228 g/mol. The minimum atomic E-state index is -0.459. The summed E-state index contributed by atoms with van der Waals surface area (Å²) in [6.45, 7) is 7.87. The molecule has 1 fully saturated rings. The van der Waals surface area contributed by atoms with E-state index in [4.69, 9.17) is 10.5 Å². The van der Waals surface area contributed by atoms with Crippen LogP contribution in [0.4, 0.5) is 0 Å². The lowest BCUT2D eigenvalue weighted by atomic mass is 9.89. The second-order valence-electron chi connectivity index (χ2n) is 5.38. The Bertz CT molecular complexity index is 253. The molecule has 2 N–H and O–H groups in total. The lowest BCUT2D eigenvalue weighted by Crippen LogP contribution is -2.52. The summed E-state index contributed by atoms with van der Waals surface area (Å²) in [6.07, 6.45) is 1.16. The fourth-order valence-electron chi connectivity index (χ4n) is 2.04. The number of rotatable bonds is 3. The molecule has 2 unspecified atom stereocenters. The number of ether oxygens (including phenoxy) is 1. The van der Waals surface area contributed by atoms with Crippen molar-refractivity contribution in [3.05, 3.63) is 0 Å². The van der Waals surface area contributed by atoms with Crippen molar-refractivity contribution >= 4 is 5.91 Å². The van der Waals surface area contributed by atoms with Gasteiger partial charge in [0.25, 0.3) is 0 Å². The first kappa shape index (κ1) is 13.5. The van der Waals surface area contributed by atoms with Crippen molar-refractivity contribution in [2.24, 2.45) is 17.1 Å². The van der Waals surface area contributed by atoms with E-state index in [9.17, 15) is 4.79 Å². The van der Waals surface area contributed by atoms with Crippen molar-refractivity contribution in [1.29, 1.82) is 0 Å². The van der Waals surface area contributed by atoms with Gasteiger partial charge in [0, 0.05) is 26.7 Å². The number of methoxy groups -OCH3 is 1. The van der Waals surface area contributed by atoms with E-state index in [1.165, 1.54) is 0 Å². The van der Waals surface area contributed by atoms with Gasteiger partial charge >= 0.3 is 0 Å². The third kappa shape index (κ3) is 2.74. The van der Waals surface area contributed by atoms with Crippen molar-refractivity contribution in [2.45, 2.75) is 33.3 Å². The highest BCUT2D eigenvalue weighted by atomic mass is 16.5. The molecule has 1 saturated heterocycles. The largest absolute Gasteiger partial charge is 0.379 e. The lowest BCUT2D eigenvalue weighted by Gasteiger charge is -2.39. The van der Waals surface area contributed by atoms with E-state index in [-0.39, 0.29) is 12.0 Å². The maximum Gasteiger partial charge on any atom is 0.229 e. The molecular formula is C12H24N2O2. The summed E-state index contributed by atoms with van der Waals surface area (Å²) in [6, 6.07) is 0. The average Bonchev–Trinajstić information content (AvgIpc) is 2.28. The van der Waals surface area contributed by atoms with Crippen molar-refractivity contribution < 1.29 is 9.53 Å². The molecule has 0 saturated carbocycles. The molecule has 0 aromatic rings. The Labute approximate surface area is 98.1 Å². The standard InChI is InChI=1S/C12H24N2O2/c1-9-5-6-14(7-10(9)16-4)11(15)12(2,3)8-13/h9-10H,5-8,13H2,1-4H3. The summed E-state index contributed by atoms with van der Waals surface area (Å²) in [5.41, 5.74) is 5.17. The molecule has 4 nitrogen and oxygen atoms in total. The van der Waals surface area contributed by atoms with Crippen LogP contribution in [-0.4, -0.2) is 43.7 Å². The average molecular weight is 228 g/mol. The van der Waals surface area contributed by atoms with Crippen LogP contribution in [0.2, 0.25) is 0 Å². The molecule has 1 aliphatic heterocycles. The molecule has 0 radical (unpaired) electrons. The van der Waals surface area contributed by atoms with E-state index in [2.05, 4.69) is 6.92 Å². The van der Waals surface area contributed by atoms with E-state index in [1.54, 1.807) is 7.11 Å².